The van der Waals surface area contributed by atoms with Gasteiger partial charge < -0.3 is 10.3 Å². The van der Waals surface area contributed by atoms with Crippen molar-refractivity contribution in [3.05, 3.63) is 28.9 Å². The third-order valence-corrected chi connectivity index (χ3v) is 1.64. The quantitative estimate of drug-likeness (QED) is 0.543. The highest BCUT2D eigenvalue weighted by molar-refractivity contribution is 5.80. The van der Waals surface area contributed by atoms with Crippen molar-refractivity contribution in [2.45, 2.75) is 0 Å². The van der Waals surface area contributed by atoms with Gasteiger partial charge in [-0.05, 0) is 0 Å². The predicted octanol–water partition coefficient (Wildman–Crippen LogP) is -0.266. The highest BCUT2D eigenvalue weighted by atomic mass is 16.5. The maximum atomic E-state index is 10.9. The summed E-state index contributed by atoms with van der Waals surface area (Å²) in [7, 11) is 0. The van der Waals surface area contributed by atoms with Crippen LogP contribution < -0.4 is 5.56 Å². The van der Waals surface area contributed by atoms with Gasteiger partial charge in [-0.2, -0.15) is 0 Å². The molecule has 0 spiro atoms. The first-order chi connectivity index (χ1) is 6.20. The molecule has 0 bridgehead atoms. The number of hydrogen-bond donors (Lipinski definition) is 2. The molecule has 2 aromatic heterocycles. The number of aromatic nitrogens is 3. The minimum Gasteiger partial charge on any atom is -0.507 e. The first-order valence-corrected chi connectivity index (χ1v) is 3.44. The van der Waals surface area contributed by atoms with Gasteiger partial charge in [0, 0.05) is 12.3 Å². The van der Waals surface area contributed by atoms with Crippen LogP contribution in [0.5, 0.6) is 5.75 Å². The Labute approximate surface area is 71.7 Å². The average molecular weight is 179 g/mol. The van der Waals surface area contributed by atoms with Gasteiger partial charge in [0.05, 0.1) is 5.39 Å². The Bertz CT molecular complexity index is 520. The van der Waals surface area contributed by atoms with Crippen LogP contribution in [0, 0.1) is 0 Å². The molecule has 0 atom stereocenters. The zero-order chi connectivity index (χ0) is 9.42. The standard InChI is InChI=1S/C7H5N3O3/c11-5-1-6(12)10(13)7-4(5)2-8-3-9-7/h1-3,11,13H. The largest absolute Gasteiger partial charge is 0.507 e. The summed E-state index contributed by atoms with van der Waals surface area (Å²) in [6.07, 6.45) is 2.48. The molecule has 6 nitrogen and oxygen atoms in total. The molecule has 0 amide bonds. The van der Waals surface area contributed by atoms with Crippen molar-refractivity contribution in [1.29, 1.82) is 0 Å². The van der Waals surface area contributed by atoms with E-state index in [0.29, 0.717) is 4.73 Å². The lowest BCUT2D eigenvalue weighted by molar-refractivity contribution is 0.186. The number of nitrogens with zero attached hydrogens (tertiary/aromatic N) is 3. The molecule has 2 aromatic rings. The molecule has 13 heavy (non-hydrogen) atoms. The first-order valence-electron chi connectivity index (χ1n) is 3.44. The molecule has 2 N–H and O–H groups in total. The normalized spacial score (nSPS) is 10.5. The summed E-state index contributed by atoms with van der Waals surface area (Å²) < 4.78 is 0.358. The Kier molecular flexibility index (Phi) is 1.42. The fourth-order valence-corrected chi connectivity index (χ4v) is 1.03. The van der Waals surface area contributed by atoms with Gasteiger partial charge in [-0.25, -0.2) is 9.97 Å². The minimum atomic E-state index is -0.733. The minimum absolute atomic E-state index is 0.0139. The van der Waals surface area contributed by atoms with Crippen LogP contribution in [-0.4, -0.2) is 25.0 Å². The first kappa shape index (κ1) is 7.53. The van der Waals surface area contributed by atoms with Crippen molar-refractivity contribution in [3.8, 4) is 5.75 Å². The predicted molar refractivity (Wildman–Crippen MR) is 42.6 cm³/mol. The Hall–Kier alpha value is -2.11. The lowest BCUT2D eigenvalue weighted by Gasteiger charge is -2.01. The van der Waals surface area contributed by atoms with Crippen LogP contribution in [0.2, 0.25) is 0 Å². The van der Waals surface area contributed by atoms with Gasteiger partial charge in [0.25, 0.3) is 5.56 Å². The number of aromatic hydroxyl groups is 1. The Morgan fingerprint density at radius 1 is 1.46 bits per heavy atom. The zero-order valence-electron chi connectivity index (χ0n) is 6.38. The lowest BCUT2D eigenvalue weighted by atomic mass is 10.3. The van der Waals surface area contributed by atoms with Gasteiger partial charge in [-0.15, -0.1) is 4.73 Å². The second kappa shape index (κ2) is 2.44. The molecule has 6 heteroatoms. The molecule has 0 saturated carbocycles. The summed E-state index contributed by atoms with van der Waals surface area (Å²) in [5, 5.41) is 18.7. The average Bonchev–Trinajstić information content (AvgIpc) is 2.15. The Balaban J connectivity index is 3.06. The number of pyridine rings is 1. The summed E-state index contributed by atoms with van der Waals surface area (Å²) in [6, 6.07) is 0.895. The van der Waals surface area contributed by atoms with Gasteiger partial charge in [0.2, 0.25) is 0 Å². The fraction of sp³-hybridized carbons (Fsp3) is 0. The van der Waals surface area contributed by atoms with Gasteiger partial charge in [0.1, 0.15) is 12.1 Å². The highest BCUT2D eigenvalue weighted by Gasteiger charge is 2.07. The lowest BCUT2D eigenvalue weighted by Crippen LogP contribution is -2.17. The summed E-state index contributed by atoms with van der Waals surface area (Å²) >= 11 is 0. The van der Waals surface area contributed by atoms with Crippen molar-refractivity contribution in [2.75, 3.05) is 0 Å². The van der Waals surface area contributed by atoms with Crippen LogP contribution in [0.3, 0.4) is 0 Å². The van der Waals surface area contributed by atoms with Gasteiger partial charge >= 0.3 is 0 Å². The zero-order valence-corrected chi connectivity index (χ0v) is 6.38. The number of fused-ring (bicyclic) bond motifs is 1. The maximum Gasteiger partial charge on any atom is 0.288 e. The second-order valence-corrected chi connectivity index (χ2v) is 2.44. The van der Waals surface area contributed by atoms with E-state index < -0.39 is 5.56 Å². The van der Waals surface area contributed by atoms with E-state index >= 15 is 0 Å². The Morgan fingerprint density at radius 3 is 3.00 bits per heavy atom. The van der Waals surface area contributed by atoms with Crippen molar-refractivity contribution in [2.24, 2.45) is 0 Å². The van der Waals surface area contributed by atoms with Crippen LogP contribution >= 0.6 is 0 Å². The van der Waals surface area contributed by atoms with E-state index in [1.165, 1.54) is 12.5 Å². The summed E-state index contributed by atoms with van der Waals surface area (Å²) in [6.45, 7) is 0. The molecule has 66 valence electrons. The van der Waals surface area contributed by atoms with Crippen molar-refractivity contribution < 1.29 is 10.3 Å². The van der Waals surface area contributed by atoms with E-state index in [-0.39, 0.29) is 16.8 Å². The third-order valence-electron chi connectivity index (χ3n) is 1.64. The maximum absolute atomic E-state index is 10.9. The molecule has 2 heterocycles. The number of hydrogen-bond acceptors (Lipinski definition) is 5. The molecule has 0 aliphatic carbocycles. The summed E-state index contributed by atoms with van der Waals surface area (Å²) in [4.78, 5) is 18.2. The summed E-state index contributed by atoms with van der Waals surface area (Å²) in [5.41, 5.74) is -0.747. The van der Waals surface area contributed by atoms with Crippen molar-refractivity contribution >= 4 is 11.0 Å². The molecule has 0 aliphatic rings. The molecule has 0 aromatic carbocycles. The number of rotatable bonds is 0. The second-order valence-electron chi connectivity index (χ2n) is 2.44. The van der Waals surface area contributed by atoms with Crippen LogP contribution in [-0.2, 0) is 0 Å². The molecule has 0 saturated heterocycles. The SMILES string of the molecule is O=c1cc(O)c2cncnc2n1O. The van der Waals surface area contributed by atoms with Gasteiger partial charge in [-0.3, -0.25) is 4.79 Å². The van der Waals surface area contributed by atoms with E-state index in [1.54, 1.807) is 0 Å². The van der Waals surface area contributed by atoms with Crippen LogP contribution in [0.15, 0.2) is 23.4 Å². The van der Waals surface area contributed by atoms with Gasteiger partial charge in [0.15, 0.2) is 5.65 Å². The molecular formula is C7H5N3O3. The molecule has 0 radical (unpaired) electrons. The van der Waals surface area contributed by atoms with E-state index in [4.69, 9.17) is 0 Å². The van der Waals surface area contributed by atoms with Crippen LogP contribution in [0.4, 0.5) is 0 Å². The van der Waals surface area contributed by atoms with Crippen LogP contribution in [0.25, 0.3) is 11.0 Å². The highest BCUT2D eigenvalue weighted by Crippen LogP contribution is 2.17. The van der Waals surface area contributed by atoms with Crippen molar-refractivity contribution in [1.82, 2.24) is 14.7 Å². The van der Waals surface area contributed by atoms with Crippen LogP contribution in [0.1, 0.15) is 0 Å². The summed E-state index contributed by atoms with van der Waals surface area (Å²) in [5.74, 6) is -0.245. The Morgan fingerprint density at radius 2 is 2.23 bits per heavy atom. The molecule has 0 fully saturated rings. The molecular weight excluding hydrogens is 174 g/mol. The molecule has 0 aliphatic heterocycles. The van der Waals surface area contributed by atoms with E-state index in [0.717, 1.165) is 6.07 Å². The van der Waals surface area contributed by atoms with E-state index in [1.807, 2.05) is 0 Å². The monoisotopic (exact) mass is 179 g/mol. The van der Waals surface area contributed by atoms with E-state index in [9.17, 15) is 15.1 Å². The van der Waals surface area contributed by atoms with E-state index in [2.05, 4.69) is 9.97 Å². The third kappa shape index (κ3) is 0.994. The molecule has 2 rings (SSSR count). The topological polar surface area (TPSA) is 88.2 Å². The van der Waals surface area contributed by atoms with Crippen molar-refractivity contribution in [3.63, 3.8) is 0 Å². The molecule has 0 unspecified atom stereocenters. The smallest absolute Gasteiger partial charge is 0.288 e. The van der Waals surface area contributed by atoms with Gasteiger partial charge in [-0.1, -0.05) is 0 Å². The fourth-order valence-electron chi connectivity index (χ4n) is 1.03.